The van der Waals surface area contributed by atoms with E-state index in [9.17, 15) is 4.79 Å². The van der Waals surface area contributed by atoms with Gasteiger partial charge < -0.3 is 19.9 Å². The highest BCUT2D eigenvalue weighted by Gasteiger charge is 2.13. The van der Waals surface area contributed by atoms with E-state index in [1.807, 2.05) is 6.92 Å². The Hall–Kier alpha value is -1.75. The second-order valence-corrected chi connectivity index (χ2v) is 3.52. The van der Waals surface area contributed by atoms with Crippen molar-refractivity contribution >= 4 is 5.97 Å². The fourth-order valence-electron chi connectivity index (χ4n) is 1.28. The van der Waals surface area contributed by atoms with Gasteiger partial charge in [0.1, 0.15) is 6.10 Å². The van der Waals surface area contributed by atoms with E-state index in [1.165, 1.54) is 14.2 Å². The largest absolute Gasteiger partial charge is 0.493 e. The average molecular weight is 239 g/mol. The molecule has 0 amide bonds. The summed E-state index contributed by atoms with van der Waals surface area (Å²) in [6.07, 6.45) is -0.156. The minimum atomic E-state index is -0.419. The molecule has 0 radical (unpaired) electrons. The van der Waals surface area contributed by atoms with Crippen molar-refractivity contribution in [1.82, 2.24) is 0 Å². The minimum absolute atomic E-state index is 0.156. The molecule has 0 saturated heterocycles. The van der Waals surface area contributed by atoms with Crippen LogP contribution in [0.3, 0.4) is 0 Å². The second kappa shape index (κ2) is 6.10. The van der Waals surface area contributed by atoms with Crippen LogP contribution in [0.4, 0.5) is 0 Å². The highest BCUT2D eigenvalue weighted by atomic mass is 16.5. The predicted octanol–water partition coefficient (Wildman–Crippen LogP) is 1.21. The summed E-state index contributed by atoms with van der Waals surface area (Å²) in [7, 11) is 2.86. The zero-order chi connectivity index (χ0) is 12.8. The molecule has 0 fully saturated rings. The van der Waals surface area contributed by atoms with Gasteiger partial charge in [-0.05, 0) is 25.1 Å². The summed E-state index contributed by atoms with van der Waals surface area (Å²) in [5.74, 6) is 0.615. The van der Waals surface area contributed by atoms with Gasteiger partial charge in [0, 0.05) is 6.54 Å². The second-order valence-electron chi connectivity index (χ2n) is 3.52. The maximum Gasteiger partial charge on any atom is 0.337 e. The smallest absolute Gasteiger partial charge is 0.337 e. The van der Waals surface area contributed by atoms with Crippen LogP contribution in [0.2, 0.25) is 0 Å². The summed E-state index contributed by atoms with van der Waals surface area (Å²) in [5.41, 5.74) is 5.89. The molecule has 1 aromatic carbocycles. The molecule has 1 atom stereocenters. The number of esters is 1. The maximum absolute atomic E-state index is 11.4. The molecule has 2 N–H and O–H groups in total. The van der Waals surface area contributed by atoms with Crippen molar-refractivity contribution in [3.63, 3.8) is 0 Å². The summed E-state index contributed by atoms with van der Waals surface area (Å²) >= 11 is 0. The van der Waals surface area contributed by atoms with E-state index in [-0.39, 0.29) is 6.10 Å². The van der Waals surface area contributed by atoms with Crippen molar-refractivity contribution in [1.29, 1.82) is 0 Å². The standard InChI is InChI=1S/C12H17NO4/c1-8(7-13)17-11-6-9(12(14)16-3)4-5-10(11)15-2/h4-6,8H,7,13H2,1-3H3. The number of carbonyl (C=O) groups is 1. The van der Waals surface area contributed by atoms with Gasteiger partial charge in [-0.1, -0.05) is 0 Å². The first-order chi connectivity index (χ1) is 8.12. The quantitative estimate of drug-likeness (QED) is 0.782. The molecule has 1 aromatic rings. The molecule has 5 nitrogen and oxygen atoms in total. The zero-order valence-corrected chi connectivity index (χ0v) is 10.2. The molecule has 0 aliphatic carbocycles. The van der Waals surface area contributed by atoms with E-state index in [2.05, 4.69) is 4.74 Å². The first-order valence-corrected chi connectivity index (χ1v) is 5.25. The molecule has 0 aliphatic heterocycles. The molecule has 1 rings (SSSR count). The van der Waals surface area contributed by atoms with Gasteiger partial charge in [0.25, 0.3) is 0 Å². The van der Waals surface area contributed by atoms with Crippen LogP contribution in [0.25, 0.3) is 0 Å². The number of nitrogens with two attached hydrogens (primary N) is 1. The zero-order valence-electron chi connectivity index (χ0n) is 10.2. The van der Waals surface area contributed by atoms with Crippen LogP contribution in [0, 0.1) is 0 Å². The minimum Gasteiger partial charge on any atom is -0.493 e. The van der Waals surface area contributed by atoms with Crippen molar-refractivity contribution in [2.75, 3.05) is 20.8 Å². The topological polar surface area (TPSA) is 70.8 Å². The first kappa shape index (κ1) is 13.3. The Kier molecular flexibility index (Phi) is 4.78. The van der Waals surface area contributed by atoms with E-state index in [1.54, 1.807) is 18.2 Å². The van der Waals surface area contributed by atoms with Crippen LogP contribution < -0.4 is 15.2 Å². The Morgan fingerprint density at radius 1 is 1.35 bits per heavy atom. The molecule has 0 aliphatic rings. The summed E-state index contributed by atoms with van der Waals surface area (Å²) in [6.45, 7) is 2.22. The third-order valence-electron chi connectivity index (χ3n) is 2.24. The lowest BCUT2D eigenvalue weighted by Crippen LogP contribution is -2.23. The molecule has 0 spiro atoms. The molecular weight excluding hydrogens is 222 g/mol. The van der Waals surface area contributed by atoms with Gasteiger partial charge in [-0.25, -0.2) is 4.79 Å². The predicted molar refractivity (Wildman–Crippen MR) is 63.5 cm³/mol. The van der Waals surface area contributed by atoms with Gasteiger partial charge in [0.2, 0.25) is 0 Å². The van der Waals surface area contributed by atoms with E-state index in [0.29, 0.717) is 23.6 Å². The normalized spacial score (nSPS) is 11.8. The molecule has 0 aromatic heterocycles. The molecule has 0 bridgehead atoms. The number of rotatable bonds is 5. The Bertz CT molecular complexity index is 392. The summed E-state index contributed by atoms with van der Waals surface area (Å²) in [4.78, 5) is 11.4. The number of methoxy groups -OCH3 is 2. The fraction of sp³-hybridized carbons (Fsp3) is 0.417. The lowest BCUT2D eigenvalue weighted by Gasteiger charge is -2.15. The molecule has 0 saturated carbocycles. The Labute approximate surface area is 100 Å². The molecule has 17 heavy (non-hydrogen) atoms. The summed E-state index contributed by atoms with van der Waals surface area (Å²) < 4.78 is 15.3. The Morgan fingerprint density at radius 2 is 2.06 bits per heavy atom. The molecule has 94 valence electrons. The van der Waals surface area contributed by atoms with Crippen LogP contribution in [0.1, 0.15) is 17.3 Å². The number of hydrogen-bond donors (Lipinski definition) is 1. The van der Waals surface area contributed by atoms with Crippen molar-refractivity contribution in [3.8, 4) is 11.5 Å². The van der Waals surface area contributed by atoms with Gasteiger partial charge in [0.05, 0.1) is 19.8 Å². The van der Waals surface area contributed by atoms with E-state index in [4.69, 9.17) is 15.2 Å². The molecule has 5 heteroatoms. The summed E-state index contributed by atoms with van der Waals surface area (Å²) in [6, 6.07) is 4.85. The van der Waals surface area contributed by atoms with Crippen LogP contribution in [0.5, 0.6) is 11.5 Å². The molecule has 1 unspecified atom stereocenters. The SMILES string of the molecule is COC(=O)c1ccc(OC)c(OC(C)CN)c1. The molecule has 0 heterocycles. The van der Waals surface area contributed by atoms with Crippen molar-refractivity contribution in [2.24, 2.45) is 5.73 Å². The van der Waals surface area contributed by atoms with E-state index in [0.717, 1.165) is 0 Å². The lowest BCUT2D eigenvalue weighted by molar-refractivity contribution is 0.0600. The maximum atomic E-state index is 11.4. The number of carbonyl (C=O) groups excluding carboxylic acids is 1. The van der Waals surface area contributed by atoms with E-state index >= 15 is 0 Å². The fourth-order valence-corrected chi connectivity index (χ4v) is 1.28. The highest BCUT2D eigenvalue weighted by Crippen LogP contribution is 2.29. The van der Waals surface area contributed by atoms with Gasteiger partial charge in [-0.15, -0.1) is 0 Å². The molecular formula is C12H17NO4. The average Bonchev–Trinajstić information content (AvgIpc) is 2.37. The van der Waals surface area contributed by atoms with E-state index < -0.39 is 5.97 Å². The number of ether oxygens (including phenoxy) is 3. The van der Waals surface area contributed by atoms with Gasteiger partial charge in [0.15, 0.2) is 11.5 Å². The van der Waals surface area contributed by atoms with Gasteiger partial charge in [-0.3, -0.25) is 0 Å². The third-order valence-corrected chi connectivity index (χ3v) is 2.24. The van der Waals surface area contributed by atoms with Crippen LogP contribution in [0.15, 0.2) is 18.2 Å². The first-order valence-electron chi connectivity index (χ1n) is 5.25. The van der Waals surface area contributed by atoms with Crippen molar-refractivity contribution < 1.29 is 19.0 Å². The summed E-state index contributed by atoms with van der Waals surface area (Å²) in [5, 5.41) is 0. The van der Waals surface area contributed by atoms with Crippen molar-refractivity contribution in [3.05, 3.63) is 23.8 Å². The Morgan fingerprint density at radius 3 is 2.59 bits per heavy atom. The number of hydrogen-bond acceptors (Lipinski definition) is 5. The van der Waals surface area contributed by atoms with Crippen LogP contribution in [-0.2, 0) is 4.74 Å². The van der Waals surface area contributed by atoms with Crippen molar-refractivity contribution in [2.45, 2.75) is 13.0 Å². The lowest BCUT2D eigenvalue weighted by atomic mass is 10.2. The monoisotopic (exact) mass is 239 g/mol. The third kappa shape index (κ3) is 3.35. The Balaban J connectivity index is 3.02. The highest BCUT2D eigenvalue weighted by molar-refractivity contribution is 5.90. The van der Waals surface area contributed by atoms with Gasteiger partial charge >= 0.3 is 5.97 Å². The van der Waals surface area contributed by atoms with Gasteiger partial charge in [-0.2, -0.15) is 0 Å². The van der Waals surface area contributed by atoms with Crippen LogP contribution in [-0.4, -0.2) is 32.8 Å². The number of benzene rings is 1. The van der Waals surface area contributed by atoms with Crippen LogP contribution >= 0.6 is 0 Å².